The molecule has 2 rings (SSSR count). The fourth-order valence-corrected chi connectivity index (χ4v) is 3.00. The zero-order valence-electron chi connectivity index (χ0n) is 14.4. The highest BCUT2D eigenvalue weighted by molar-refractivity contribution is 6.30. The summed E-state index contributed by atoms with van der Waals surface area (Å²) in [5, 5.41) is 3.44. The molecule has 0 aromatic carbocycles. The molecule has 2 heterocycles. The third-order valence-corrected chi connectivity index (χ3v) is 3.92. The highest BCUT2D eigenvalue weighted by atomic mass is 35.5. The zero-order valence-corrected chi connectivity index (χ0v) is 15.2. The molecule has 128 valence electrons. The Bertz CT molecular complexity index is 586. The summed E-state index contributed by atoms with van der Waals surface area (Å²) < 4.78 is 5.31. The number of carbonyl (C=O) groups is 1. The van der Waals surface area contributed by atoms with Crippen LogP contribution in [0.1, 0.15) is 45.5 Å². The first-order valence-electron chi connectivity index (χ1n) is 7.97. The Kier molecular flexibility index (Phi) is 5.34. The molecule has 1 aliphatic rings. The van der Waals surface area contributed by atoms with Crippen LogP contribution in [0.15, 0.2) is 0 Å². The monoisotopic (exact) mass is 340 g/mol. The second kappa shape index (κ2) is 6.91. The van der Waals surface area contributed by atoms with Crippen molar-refractivity contribution in [2.75, 3.05) is 18.0 Å². The van der Waals surface area contributed by atoms with Gasteiger partial charge >= 0.3 is 6.09 Å². The van der Waals surface area contributed by atoms with Gasteiger partial charge in [-0.15, -0.1) is 0 Å². The molecule has 6 nitrogen and oxygen atoms in total. The summed E-state index contributed by atoms with van der Waals surface area (Å²) in [5.74, 6) is 1.53. The predicted molar refractivity (Wildman–Crippen MR) is 91.1 cm³/mol. The van der Waals surface area contributed by atoms with Gasteiger partial charge in [-0.05, 0) is 40.5 Å². The van der Waals surface area contributed by atoms with Crippen LogP contribution >= 0.6 is 11.6 Å². The molecule has 1 amide bonds. The lowest BCUT2D eigenvalue weighted by atomic mass is 10.2. The number of nitrogens with zero attached hydrogens (tertiary/aromatic N) is 3. The molecule has 1 N–H and O–H groups in total. The van der Waals surface area contributed by atoms with E-state index in [0.717, 1.165) is 30.8 Å². The van der Waals surface area contributed by atoms with Gasteiger partial charge in [0.15, 0.2) is 0 Å². The number of nitrogens with one attached hydrogen (secondary N) is 1. The molecule has 1 atom stereocenters. The Morgan fingerprint density at radius 2 is 2.13 bits per heavy atom. The number of anilines is 1. The lowest BCUT2D eigenvalue weighted by molar-refractivity contribution is 0.0509. The smallest absolute Gasteiger partial charge is 0.407 e. The average Bonchev–Trinajstić information content (AvgIpc) is 2.83. The molecular formula is C16H25ClN4O2. The Balaban J connectivity index is 2.05. The van der Waals surface area contributed by atoms with Crippen LogP contribution in [0.25, 0.3) is 0 Å². The van der Waals surface area contributed by atoms with E-state index in [1.165, 1.54) is 0 Å². The van der Waals surface area contributed by atoms with Gasteiger partial charge in [0.1, 0.15) is 22.4 Å². The first-order chi connectivity index (χ1) is 10.7. The van der Waals surface area contributed by atoms with E-state index in [9.17, 15) is 4.79 Å². The lowest BCUT2D eigenvalue weighted by Gasteiger charge is -2.23. The van der Waals surface area contributed by atoms with E-state index in [-0.39, 0.29) is 12.1 Å². The summed E-state index contributed by atoms with van der Waals surface area (Å²) in [6.07, 6.45) is 1.25. The van der Waals surface area contributed by atoms with Gasteiger partial charge in [0, 0.05) is 18.7 Å². The van der Waals surface area contributed by atoms with Gasteiger partial charge in [0.05, 0.1) is 6.04 Å². The van der Waals surface area contributed by atoms with Gasteiger partial charge in [-0.25, -0.2) is 14.8 Å². The molecule has 0 bridgehead atoms. The number of ether oxygens (including phenoxy) is 1. The number of hydrogen-bond donors (Lipinski definition) is 1. The maximum absolute atomic E-state index is 11.9. The van der Waals surface area contributed by atoms with Crippen LogP contribution in [0.2, 0.25) is 5.15 Å². The highest BCUT2D eigenvalue weighted by Crippen LogP contribution is 2.27. The molecular weight excluding hydrogens is 316 g/mol. The van der Waals surface area contributed by atoms with Crippen molar-refractivity contribution >= 4 is 23.5 Å². The van der Waals surface area contributed by atoms with Gasteiger partial charge in [0.25, 0.3) is 0 Å². The Morgan fingerprint density at radius 3 is 2.74 bits per heavy atom. The van der Waals surface area contributed by atoms with E-state index in [1.54, 1.807) is 0 Å². The number of rotatable bonds is 3. The third kappa shape index (κ3) is 4.70. The molecule has 1 fully saturated rings. The van der Waals surface area contributed by atoms with Crippen LogP contribution in [0.3, 0.4) is 0 Å². The number of hydrogen-bond acceptors (Lipinski definition) is 5. The molecule has 0 aliphatic carbocycles. The Morgan fingerprint density at radius 1 is 1.43 bits per heavy atom. The number of amides is 1. The van der Waals surface area contributed by atoms with Crippen LogP contribution in [-0.4, -0.2) is 40.8 Å². The van der Waals surface area contributed by atoms with Crippen LogP contribution in [0, 0.1) is 6.92 Å². The minimum Gasteiger partial charge on any atom is -0.444 e. The standard InChI is InChI=1S/C16H25ClN4O2/c1-6-12-13(17)18-10(2)19-14(12)21-8-7-11(9-21)20-15(22)23-16(3,4)5/h11H,6-9H2,1-5H3,(H,20,22)/t11-/m1/s1. The van der Waals surface area contributed by atoms with Crippen molar-refractivity contribution in [2.45, 2.75) is 59.1 Å². The molecule has 0 unspecified atom stereocenters. The molecule has 1 aliphatic heterocycles. The summed E-state index contributed by atoms with van der Waals surface area (Å²) in [7, 11) is 0. The molecule has 1 aromatic rings. The van der Waals surface area contributed by atoms with E-state index in [0.29, 0.717) is 17.5 Å². The van der Waals surface area contributed by atoms with E-state index in [2.05, 4.69) is 20.2 Å². The Labute approximate surface area is 142 Å². The maximum atomic E-state index is 11.9. The van der Waals surface area contributed by atoms with Crippen LogP contribution in [0.5, 0.6) is 0 Å². The second-order valence-corrected chi connectivity index (χ2v) is 7.15. The van der Waals surface area contributed by atoms with Gasteiger partial charge in [-0.1, -0.05) is 18.5 Å². The fraction of sp³-hybridized carbons (Fsp3) is 0.688. The zero-order chi connectivity index (χ0) is 17.2. The molecule has 1 aromatic heterocycles. The minimum absolute atomic E-state index is 0.0450. The van der Waals surface area contributed by atoms with Crippen molar-refractivity contribution < 1.29 is 9.53 Å². The molecule has 0 radical (unpaired) electrons. The average molecular weight is 341 g/mol. The number of aromatic nitrogens is 2. The molecule has 0 spiro atoms. The molecule has 1 saturated heterocycles. The number of halogens is 1. The molecule has 7 heteroatoms. The summed E-state index contributed by atoms with van der Waals surface area (Å²) in [4.78, 5) is 22.8. The summed E-state index contributed by atoms with van der Waals surface area (Å²) in [6.45, 7) is 10.9. The van der Waals surface area contributed by atoms with Crippen LogP contribution < -0.4 is 10.2 Å². The topological polar surface area (TPSA) is 67.4 Å². The second-order valence-electron chi connectivity index (χ2n) is 6.80. The third-order valence-electron chi connectivity index (χ3n) is 3.61. The van der Waals surface area contributed by atoms with Gasteiger partial charge in [-0.3, -0.25) is 0 Å². The van der Waals surface area contributed by atoms with Crippen molar-refractivity contribution in [1.82, 2.24) is 15.3 Å². The summed E-state index contributed by atoms with van der Waals surface area (Å²) >= 11 is 6.24. The number of aryl methyl sites for hydroxylation is 1. The quantitative estimate of drug-likeness (QED) is 0.856. The van der Waals surface area contributed by atoms with Crippen LogP contribution in [0.4, 0.5) is 10.6 Å². The minimum atomic E-state index is -0.491. The normalized spacial score (nSPS) is 18.2. The first-order valence-corrected chi connectivity index (χ1v) is 8.35. The van der Waals surface area contributed by atoms with Crippen molar-refractivity contribution in [3.8, 4) is 0 Å². The van der Waals surface area contributed by atoms with E-state index >= 15 is 0 Å². The van der Waals surface area contributed by atoms with Crippen molar-refractivity contribution in [2.24, 2.45) is 0 Å². The first kappa shape index (κ1) is 17.8. The summed E-state index contributed by atoms with van der Waals surface area (Å²) in [5.41, 5.74) is 0.463. The predicted octanol–water partition coefficient (Wildman–Crippen LogP) is 3.10. The maximum Gasteiger partial charge on any atom is 0.407 e. The number of alkyl carbamates (subject to hydrolysis) is 1. The van der Waals surface area contributed by atoms with E-state index < -0.39 is 5.60 Å². The van der Waals surface area contributed by atoms with Crippen LogP contribution in [-0.2, 0) is 11.2 Å². The van der Waals surface area contributed by atoms with Gasteiger partial charge in [0.2, 0.25) is 0 Å². The van der Waals surface area contributed by atoms with E-state index in [1.807, 2.05) is 34.6 Å². The van der Waals surface area contributed by atoms with Gasteiger partial charge < -0.3 is 15.0 Å². The van der Waals surface area contributed by atoms with Crippen molar-refractivity contribution in [3.05, 3.63) is 16.5 Å². The largest absolute Gasteiger partial charge is 0.444 e. The fourth-order valence-electron chi connectivity index (χ4n) is 2.66. The lowest BCUT2D eigenvalue weighted by Crippen LogP contribution is -2.40. The summed E-state index contributed by atoms with van der Waals surface area (Å²) in [6, 6.07) is 0.0450. The number of carbonyl (C=O) groups excluding carboxylic acids is 1. The molecule has 0 saturated carbocycles. The Hall–Kier alpha value is -1.56. The SMILES string of the molecule is CCc1c(Cl)nc(C)nc1N1CC[C@@H](NC(=O)OC(C)(C)C)C1. The highest BCUT2D eigenvalue weighted by Gasteiger charge is 2.28. The van der Waals surface area contributed by atoms with Crippen molar-refractivity contribution in [1.29, 1.82) is 0 Å². The van der Waals surface area contributed by atoms with E-state index in [4.69, 9.17) is 16.3 Å². The molecule has 23 heavy (non-hydrogen) atoms. The van der Waals surface area contributed by atoms with Gasteiger partial charge in [-0.2, -0.15) is 0 Å². The van der Waals surface area contributed by atoms with Crippen molar-refractivity contribution in [3.63, 3.8) is 0 Å².